The second-order valence-corrected chi connectivity index (χ2v) is 5.48. The number of benzene rings is 1. The van der Waals surface area contributed by atoms with Crippen LogP contribution in [0, 0.1) is 5.82 Å². The van der Waals surface area contributed by atoms with E-state index in [0.29, 0.717) is 6.54 Å². The molecule has 1 aliphatic rings. The van der Waals surface area contributed by atoms with Crippen molar-refractivity contribution in [3.05, 3.63) is 29.8 Å². The van der Waals surface area contributed by atoms with Gasteiger partial charge in [-0.05, 0) is 31.7 Å². The molecular weight excluding hydrogens is 271 g/mol. The van der Waals surface area contributed by atoms with Gasteiger partial charge in [-0.2, -0.15) is 0 Å². The highest BCUT2D eigenvalue weighted by Crippen LogP contribution is 2.16. The van der Waals surface area contributed by atoms with Crippen molar-refractivity contribution in [2.75, 3.05) is 13.6 Å². The van der Waals surface area contributed by atoms with E-state index in [-0.39, 0.29) is 11.9 Å². The van der Waals surface area contributed by atoms with Crippen molar-refractivity contribution in [2.45, 2.75) is 32.4 Å². The molecule has 0 amide bonds. The zero-order chi connectivity index (χ0) is 14.8. The van der Waals surface area contributed by atoms with Crippen LogP contribution in [-0.2, 0) is 11.4 Å². The third kappa shape index (κ3) is 3.21. The Balaban J connectivity index is 1.60. The number of imidazole rings is 1. The van der Waals surface area contributed by atoms with Gasteiger partial charge in [0.05, 0.1) is 23.3 Å². The van der Waals surface area contributed by atoms with E-state index in [9.17, 15) is 4.39 Å². The van der Waals surface area contributed by atoms with E-state index in [4.69, 9.17) is 4.84 Å². The van der Waals surface area contributed by atoms with Crippen LogP contribution < -0.4 is 0 Å². The lowest BCUT2D eigenvalue weighted by Gasteiger charge is -2.18. The summed E-state index contributed by atoms with van der Waals surface area (Å²) in [6.07, 6.45) is 1.95. The van der Waals surface area contributed by atoms with Crippen LogP contribution >= 0.6 is 0 Å². The van der Waals surface area contributed by atoms with Crippen LogP contribution in [-0.4, -0.2) is 40.3 Å². The van der Waals surface area contributed by atoms with Gasteiger partial charge in [-0.25, -0.2) is 9.37 Å². The molecule has 6 heteroatoms. The van der Waals surface area contributed by atoms with Gasteiger partial charge in [0.15, 0.2) is 0 Å². The first-order valence-electron chi connectivity index (χ1n) is 7.18. The van der Waals surface area contributed by atoms with E-state index in [0.717, 1.165) is 42.0 Å². The highest BCUT2D eigenvalue weighted by molar-refractivity contribution is 5.85. The Labute approximate surface area is 122 Å². The molecule has 112 valence electrons. The first-order chi connectivity index (χ1) is 10.1. The van der Waals surface area contributed by atoms with Crippen LogP contribution in [0.15, 0.2) is 23.4 Å². The first-order valence-corrected chi connectivity index (χ1v) is 7.18. The summed E-state index contributed by atoms with van der Waals surface area (Å²) in [6.45, 7) is 3.54. The molecule has 0 spiro atoms. The molecule has 0 saturated heterocycles. The van der Waals surface area contributed by atoms with Gasteiger partial charge in [-0.1, -0.05) is 12.1 Å². The summed E-state index contributed by atoms with van der Waals surface area (Å²) >= 11 is 0. The number of H-pyrrole nitrogens is 1. The monoisotopic (exact) mass is 290 g/mol. The quantitative estimate of drug-likeness (QED) is 0.921. The number of oxime groups is 1. The van der Waals surface area contributed by atoms with E-state index in [1.54, 1.807) is 6.07 Å². The van der Waals surface area contributed by atoms with E-state index < -0.39 is 0 Å². The average Bonchev–Trinajstić information content (AvgIpc) is 3.04. The minimum atomic E-state index is -0.255. The molecule has 1 aliphatic heterocycles. The molecule has 21 heavy (non-hydrogen) atoms. The number of fused-ring (bicyclic) bond motifs is 1. The topological polar surface area (TPSA) is 53.5 Å². The molecule has 0 fully saturated rings. The van der Waals surface area contributed by atoms with Gasteiger partial charge in [0, 0.05) is 13.0 Å². The maximum absolute atomic E-state index is 13.2. The standard InChI is InChI=1S/C15H19FN4O/c1-3-11-7-12(21-19-11)8-20(2)9-15-17-13-5-4-10(16)6-14(13)18-15/h4-6,12H,3,7-9H2,1-2H3,(H,17,18). The molecule has 5 nitrogen and oxygen atoms in total. The largest absolute Gasteiger partial charge is 0.391 e. The number of hydrogen-bond donors (Lipinski definition) is 1. The highest BCUT2D eigenvalue weighted by Gasteiger charge is 2.21. The van der Waals surface area contributed by atoms with E-state index in [2.05, 4.69) is 26.9 Å². The molecular formula is C15H19FN4O. The van der Waals surface area contributed by atoms with Crippen LogP contribution in [0.3, 0.4) is 0 Å². The molecule has 1 unspecified atom stereocenters. The number of nitrogens with zero attached hydrogens (tertiary/aromatic N) is 3. The summed E-state index contributed by atoms with van der Waals surface area (Å²) < 4.78 is 13.2. The lowest BCUT2D eigenvalue weighted by Crippen LogP contribution is -2.29. The Morgan fingerprint density at radius 1 is 1.48 bits per heavy atom. The van der Waals surface area contributed by atoms with Crippen molar-refractivity contribution in [1.29, 1.82) is 0 Å². The highest BCUT2D eigenvalue weighted by atomic mass is 19.1. The Kier molecular flexibility index (Phi) is 3.88. The molecule has 2 aromatic rings. The zero-order valence-electron chi connectivity index (χ0n) is 12.3. The summed E-state index contributed by atoms with van der Waals surface area (Å²) in [6, 6.07) is 4.58. The summed E-state index contributed by atoms with van der Waals surface area (Å²) in [5, 5.41) is 4.07. The summed E-state index contributed by atoms with van der Waals surface area (Å²) in [4.78, 5) is 15.2. The fourth-order valence-corrected chi connectivity index (χ4v) is 2.57. The number of halogens is 1. The maximum Gasteiger partial charge on any atom is 0.145 e. The molecule has 1 atom stereocenters. The number of aromatic amines is 1. The minimum absolute atomic E-state index is 0.117. The second kappa shape index (κ2) is 5.81. The Bertz CT molecular complexity index is 667. The van der Waals surface area contributed by atoms with Gasteiger partial charge in [0.1, 0.15) is 17.7 Å². The maximum atomic E-state index is 13.2. The number of aromatic nitrogens is 2. The fraction of sp³-hybridized carbons (Fsp3) is 0.467. The molecule has 1 aromatic carbocycles. The van der Waals surface area contributed by atoms with Crippen LogP contribution in [0.1, 0.15) is 25.6 Å². The van der Waals surface area contributed by atoms with Crippen LogP contribution in [0.5, 0.6) is 0 Å². The van der Waals surface area contributed by atoms with Gasteiger partial charge in [0.2, 0.25) is 0 Å². The fourth-order valence-electron chi connectivity index (χ4n) is 2.57. The summed E-state index contributed by atoms with van der Waals surface area (Å²) in [5.74, 6) is 0.572. The number of likely N-dealkylation sites (N-methyl/N-ethyl adjacent to an activating group) is 1. The van der Waals surface area contributed by atoms with Crippen molar-refractivity contribution < 1.29 is 9.23 Å². The Morgan fingerprint density at radius 3 is 3.10 bits per heavy atom. The molecule has 0 saturated carbocycles. The van der Waals surface area contributed by atoms with E-state index >= 15 is 0 Å². The van der Waals surface area contributed by atoms with Gasteiger partial charge >= 0.3 is 0 Å². The second-order valence-electron chi connectivity index (χ2n) is 5.48. The lowest BCUT2D eigenvalue weighted by atomic mass is 10.1. The SMILES string of the molecule is CCC1=NOC(CN(C)Cc2nc3ccc(F)cc3[nH]2)C1. The van der Waals surface area contributed by atoms with Crippen LogP contribution in [0.25, 0.3) is 11.0 Å². The van der Waals surface area contributed by atoms with E-state index in [1.165, 1.54) is 12.1 Å². The predicted octanol–water partition coefficient (Wildman–Crippen LogP) is 2.69. The molecule has 0 aliphatic carbocycles. The Morgan fingerprint density at radius 2 is 2.33 bits per heavy atom. The normalized spacial score (nSPS) is 18.3. The van der Waals surface area contributed by atoms with Gasteiger partial charge in [-0.15, -0.1) is 0 Å². The molecule has 2 heterocycles. The summed E-state index contributed by atoms with van der Waals surface area (Å²) in [7, 11) is 2.01. The first kappa shape index (κ1) is 14.0. The van der Waals surface area contributed by atoms with Gasteiger partial charge < -0.3 is 9.82 Å². The third-order valence-corrected chi connectivity index (χ3v) is 3.63. The van der Waals surface area contributed by atoms with Crippen LogP contribution in [0.4, 0.5) is 4.39 Å². The zero-order valence-corrected chi connectivity index (χ0v) is 12.3. The van der Waals surface area contributed by atoms with Gasteiger partial charge in [-0.3, -0.25) is 4.90 Å². The molecule has 3 rings (SSSR count). The molecule has 1 N–H and O–H groups in total. The minimum Gasteiger partial charge on any atom is -0.391 e. The van der Waals surface area contributed by atoms with Gasteiger partial charge in [0.25, 0.3) is 0 Å². The lowest BCUT2D eigenvalue weighted by molar-refractivity contribution is 0.0572. The molecule has 0 radical (unpaired) electrons. The average molecular weight is 290 g/mol. The third-order valence-electron chi connectivity index (χ3n) is 3.63. The number of rotatable bonds is 5. The predicted molar refractivity (Wildman–Crippen MR) is 79.6 cm³/mol. The summed E-state index contributed by atoms with van der Waals surface area (Å²) in [5.41, 5.74) is 2.63. The van der Waals surface area contributed by atoms with Crippen molar-refractivity contribution in [2.24, 2.45) is 5.16 Å². The molecule has 1 aromatic heterocycles. The van der Waals surface area contributed by atoms with Crippen molar-refractivity contribution in [1.82, 2.24) is 14.9 Å². The smallest absolute Gasteiger partial charge is 0.145 e. The Hall–Kier alpha value is -1.95. The number of hydrogen-bond acceptors (Lipinski definition) is 4. The van der Waals surface area contributed by atoms with Crippen molar-refractivity contribution >= 4 is 16.7 Å². The molecule has 0 bridgehead atoms. The van der Waals surface area contributed by atoms with Crippen molar-refractivity contribution in [3.63, 3.8) is 0 Å². The number of nitrogens with one attached hydrogen (secondary N) is 1. The van der Waals surface area contributed by atoms with Crippen LogP contribution in [0.2, 0.25) is 0 Å². The van der Waals surface area contributed by atoms with Crippen molar-refractivity contribution in [3.8, 4) is 0 Å². The van der Waals surface area contributed by atoms with E-state index in [1.807, 2.05) is 7.05 Å².